The Morgan fingerprint density at radius 3 is 2.62 bits per heavy atom. The molecule has 1 fully saturated rings. The molecule has 0 aromatic carbocycles. The van der Waals surface area contributed by atoms with Crippen LogP contribution in [0.5, 0.6) is 0 Å². The van der Waals surface area contributed by atoms with Crippen molar-refractivity contribution in [2.45, 2.75) is 45.1 Å². The first-order chi connectivity index (χ1) is 7.63. The molecule has 2 N–H and O–H groups in total. The van der Waals surface area contributed by atoms with Gasteiger partial charge in [-0.05, 0) is 19.3 Å². The lowest BCUT2D eigenvalue weighted by Crippen LogP contribution is -2.55. The molecule has 1 aliphatic heterocycles. The summed E-state index contributed by atoms with van der Waals surface area (Å²) in [4.78, 5) is 11.9. The molecule has 94 valence electrons. The van der Waals surface area contributed by atoms with Crippen LogP contribution in [0.2, 0.25) is 0 Å². The molecule has 0 bridgehead atoms. The van der Waals surface area contributed by atoms with E-state index < -0.39 is 5.54 Å². The average molecular weight is 229 g/mol. The van der Waals surface area contributed by atoms with E-state index in [1.807, 2.05) is 6.92 Å². The summed E-state index contributed by atoms with van der Waals surface area (Å²) in [5.74, 6) is 0.0778. The summed E-state index contributed by atoms with van der Waals surface area (Å²) < 4.78 is 5.25. The summed E-state index contributed by atoms with van der Waals surface area (Å²) in [7, 11) is 0. The van der Waals surface area contributed by atoms with Gasteiger partial charge in [0.15, 0.2) is 0 Å². The lowest BCUT2D eigenvalue weighted by Gasteiger charge is -2.37. The Labute approximate surface area is 97.4 Å². The van der Waals surface area contributed by atoms with Crippen molar-refractivity contribution < 1.29 is 14.6 Å². The van der Waals surface area contributed by atoms with E-state index in [1.54, 1.807) is 0 Å². The zero-order chi connectivity index (χ0) is 12.0. The van der Waals surface area contributed by atoms with Crippen LogP contribution in [0.1, 0.15) is 39.5 Å². The third-order valence-electron chi connectivity index (χ3n) is 3.31. The normalized spacial score (nSPS) is 21.4. The third-order valence-corrected chi connectivity index (χ3v) is 3.31. The Kier molecular flexibility index (Phi) is 5.22. The highest BCUT2D eigenvalue weighted by atomic mass is 16.5. The minimum atomic E-state index is -0.447. The molecule has 16 heavy (non-hydrogen) atoms. The predicted octanol–water partition coefficient (Wildman–Crippen LogP) is 1.08. The van der Waals surface area contributed by atoms with Crippen LogP contribution in [0.4, 0.5) is 0 Å². The molecule has 1 heterocycles. The number of rotatable bonds is 5. The maximum atomic E-state index is 11.9. The van der Waals surface area contributed by atoms with Gasteiger partial charge in [0.1, 0.15) is 0 Å². The second-order valence-corrected chi connectivity index (χ2v) is 4.73. The SMILES string of the molecule is CCCC(C)C(=O)NC1(CO)CCOCC1. The minimum Gasteiger partial charge on any atom is -0.394 e. The van der Waals surface area contributed by atoms with E-state index in [-0.39, 0.29) is 18.4 Å². The summed E-state index contributed by atoms with van der Waals surface area (Å²) in [6, 6.07) is 0. The van der Waals surface area contributed by atoms with Gasteiger partial charge in [-0.3, -0.25) is 4.79 Å². The van der Waals surface area contributed by atoms with Crippen LogP contribution >= 0.6 is 0 Å². The molecular formula is C12H23NO3. The maximum absolute atomic E-state index is 11.9. The second-order valence-electron chi connectivity index (χ2n) is 4.73. The van der Waals surface area contributed by atoms with E-state index in [1.165, 1.54) is 0 Å². The highest BCUT2D eigenvalue weighted by Gasteiger charge is 2.34. The third kappa shape index (κ3) is 3.46. The molecular weight excluding hydrogens is 206 g/mol. The van der Waals surface area contributed by atoms with Crippen LogP contribution in [0, 0.1) is 5.92 Å². The first kappa shape index (κ1) is 13.5. The molecule has 1 amide bonds. The van der Waals surface area contributed by atoms with Gasteiger partial charge in [0.2, 0.25) is 5.91 Å². The summed E-state index contributed by atoms with van der Waals surface area (Å²) in [5, 5.41) is 12.4. The number of hydrogen-bond donors (Lipinski definition) is 2. The number of carbonyl (C=O) groups is 1. The monoisotopic (exact) mass is 229 g/mol. The molecule has 0 aliphatic carbocycles. The summed E-state index contributed by atoms with van der Waals surface area (Å²) >= 11 is 0. The predicted molar refractivity (Wildman–Crippen MR) is 62.1 cm³/mol. The zero-order valence-electron chi connectivity index (χ0n) is 10.3. The van der Waals surface area contributed by atoms with Crippen molar-refractivity contribution in [1.82, 2.24) is 5.32 Å². The molecule has 1 rings (SSSR count). The average Bonchev–Trinajstić information content (AvgIpc) is 2.30. The van der Waals surface area contributed by atoms with Crippen LogP contribution in [0.25, 0.3) is 0 Å². The van der Waals surface area contributed by atoms with Crippen molar-refractivity contribution in [3.05, 3.63) is 0 Å². The number of aliphatic hydroxyl groups excluding tert-OH is 1. The van der Waals surface area contributed by atoms with E-state index in [2.05, 4.69) is 12.2 Å². The number of aliphatic hydroxyl groups is 1. The molecule has 0 radical (unpaired) electrons. The Hall–Kier alpha value is -0.610. The van der Waals surface area contributed by atoms with Crippen LogP contribution in [0.3, 0.4) is 0 Å². The van der Waals surface area contributed by atoms with Gasteiger partial charge in [0.25, 0.3) is 0 Å². The largest absolute Gasteiger partial charge is 0.394 e. The van der Waals surface area contributed by atoms with E-state index >= 15 is 0 Å². The summed E-state index contributed by atoms with van der Waals surface area (Å²) in [6.07, 6.45) is 3.30. The van der Waals surface area contributed by atoms with E-state index in [9.17, 15) is 9.90 Å². The topological polar surface area (TPSA) is 58.6 Å². The maximum Gasteiger partial charge on any atom is 0.223 e. The fourth-order valence-corrected chi connectivity index (χ4v) is 2.03. The van der Waals surface area contributed by atoms with Gasteiger partial charge in [0.05, 0.1) is 12.1 Å². The summed E-state index contributed by atoms with van der Waals surface area (Å²) in [6.45, 7) is 5.23. The van der Waals surface area contributed by atoms with Gasteiger partial charge < -0.3 is 15.2 Å². The van der Waals surface area contributed by atoms with E-state index in [0.29, 0.717) is 26.1 Å². The lowest BCUT2D eigenvalue weighted by atomic mass is 9.90. The van der Waals surface area contributed by atoms with Gasteiger partial charge in [-0.2, -0.15) is 0 Å². The Morgan fingerprint density at radius 1 is 1.50 bits per heavy atom. The van der Waals surface area contributed by atoms with Gasteiger partial charge in [0, 0.05) is 19.1 Å². The Bertz CT molecular complexity index is 224. The van der Waals surface area contributed by atoms with Crippen molar-refractivity contribution in [3.8, 4) is 0 Å². The van der Waals surface area contributed by atoms with Crippen molar-refractivity contribution >= 4 is 5.91 Å². The van der Waals surface area contributed by atoms with Crippen LogP contribution in [-0.2, 0) is 9.53 Å². The molecule has 0 aromatic rings. The Morgan fingerprint density at radius 2 is 2.12 bits per heavy atom. The van der Waals surface area contributed by atoms with Gasteiger partial charge >= 0.3 is 0 Å². The number of ether oxygens (including phenoxy) is 1. The number of carbonyl (C=O) groups excluding carboxylic acids is 1. The number of amides is 1. The smallest absolute Gasteiger partial charge is 0.223 e. The molecule has 1 unspecified atom stereocenters. The number of hydrogen-bond acceptors (Lipinski definition) is 3. The van der Waals surface area contributed by atoms with E-state index in [4.69, 9.17) is 4.74 Å². The first-order valence-electron chi connectivity index (χ1n) is 6.14. The van der Waals surface area contributed by atoms with Gasteiger partial charge in [-0.15, -0.1) is 0 Å². The van der Waals surface area contributed by atoms with Crippen LogP contribution in [-0.4, -0.2) is 36.4 Å². The van der Waals surface area contributed by atoms with Gasteiger partial charge in [-0.1, -0.05) is 20.3 Å². The standard InChI is InChI=1S/C12H23NO3/c1-3-4-10(2)11(15)13-12(9-14)5-7-16-8-6-12/h10,14H,3-9H2,1-2H3,(H,13,15). The minimum absolute atomic E-state index is 0.000938. The second kappa shape index (κ2) is 6.21. The van der Waals surface area contributed by atoms with Crippen LogP contribution in [0.15, 0.2) is 0 Å². The Balaban J connectivity index is 2.51. The summed E-state index contributed by atoms with van der Waals surface area (Å²) in [5.41, 5.74) is -0.447. The molecule has 0 saturated carbocycles. The molecule has 4 nitrogen and oxygen atoms in total. The fourth-order valence-electron chi connectivity index (χ4n) is 2.03. The first-order valence-corrected chi connectivity index (χ1v) is 6.14. The van der Waals surface area contributed by atoms with Crippen LogP contribution < -0.4 is 5.32 Å². The fraction of sp³-hybridized carbons (Fsp3) is 0.917. The molecule has 0 aromatic heterocycles. The highest BCUT2D eigenvalue weighted by molar-refractivity contribution is 5.79. The molecule has 1 atom stereocenters. The van der Waals surface area contributed by atoms with E-state index in [0.717, 1.165) is 12.8 Å². The molecule has 4 heteroatoms. The lowest BCUT2D eigenvalue weighted by molar-refractivity contribution is -0.129. The molecule has 1 saturated heterocycles. The van der Waals surface area contributed by atoms with Crippen molar-refractivity contribution in [3.63, 3.8) is 0 Å². The van der Waals surface area contributed by atoms with Crippen molar-refractivity contribution in [2.24, 2.45) is 5.92 Å². The molecule has 0 spiro atoms. The quantitative estimate of drug-likeness (QED) is 0.741. The number of nitrogens with one attached hydrogen (secondary N) is 1. The van der Waals surface area contributed by atoms with Gasteiger partial charge in [-0.25, -0.2) is 0 Å². The highest BCUT2D eigenvalue weighted by Crippen LogP contribution is 2.21. The molecule has 1 aliphatic rings. The zero-order valence-corrected chi connectivity index (χ0v) is 10.3. The van der Waals surface area contributed by atoms with Crippen molar-refractivity contribution in [2.75, 3.05) is 19.8 Å². The van der Waals surface area contributed by atoms with Crippen molar-refractivity contribution in [1.29, 1.82) is 0 Å².